The number of carboxylic acid groups (broad SMARTS) is 1. The fourth-order valence-electron chi connectivity index (χ4n) is 3.71. The molecule has 5 rings (SSSR count). The van der Waals surface area contributed by atoms with Crippen molar-refractivity contribution in [1.29, 1.82) is 0 Å². The largest absolute Gasteiger partial charge is 0.506 e. The third kappa shape index (κ3) is 5.12. The number of carbonyl (C=O) groups excluding carboxylic acids is 1. The van der Waals surface area contributed by atoms with Crippen LogP contribution in [0.4, 0.5) is 10.6 Å². The number of aromatic nitrogens is 2. The monoisotopic (exact) mass is 525 g/mol. The number of rotatable bonds is 5. The van der Waals surface area contributed by atoms with Gasteiger partial charge in [-0.25, -0.2) is 9.78 Å². The van der Waals surface area contributed by atoms with Crippen molar-refractivity contribution < 1.29 is 28.9 Å². The highest BCUT2D eigenvalue weighted by atomic mass is 35.5. The van der Waals surface area contributed by atoms with Crippen molar-refractivity contribution >= 4 is 52.1 Å². The van der Waals surface area contributed by atoms with E-state index in [1.807, 2.05) is 0 Å². The van der Waals surface area contributed by atoms with Gasteiger partial charge in [-0.2, -0.15) is 0 Å². The summed E-state index contributed by atoms with van der Waals surface area (Å²) in [7, 11) is 0. The topological polar surface area (TPSA) is 120 Å². The number of hydrogen-bond acceptors (Lipinski definition) is 7. The van der Waals surface area contributed by atoms with E-state index in [-0.39, 0.29) is 10.9 Å². The van der Waals surface area contributed by atoms with E-state index in [0.717, 1.165) is 0 Å². The summed E-state index contributed by atoms with van der Waals surface area (Å²) in [5, 5.41) is 12.5. The molecule has 1 aliphatic heterocycles. The first-order chi connectivity index (χ1) is 17.4. The molecule has 1 unspecified atom stereocenters. The van der Waals surface area contributed by atoms with Gasteiger partial charge in [0.05, 0.1) is 28.9 Å². The summed E-state index contributed by atoms with van der Waals surface area (Å²) in [6, 6.07) is 14.7. The maximum Gasteiger partial charge on any atom is 0.506 e. The molecule has 1 amide bonds. The molecule has 1 aliphatic rings. The first-order valence-corrected chi connectivity index (χ1v) is 11.5. The van der Waals surface area contributed by atoms with Crippen LogP contribution < -0.4 is 14.8 Å². The summed E-state index contributed by atoms with van der Waals surface area (Å²) >= 11 is 12.3. The van der Waals surface area contributed by atoms with Gasteiger partial charge in [0.15, 0.2) is 5.82 Å². The van der Waals surface area contributed by atoms with Crippen LogP contribution in [0.3, 0.4) is 0 Å². The van der Waals surface area contributed by atoms with E-state index in [2.05, 4.69) is 15.3 Å². The number of hydrogen-bond donors (Lipinski definition) is 2. The van der Waals surface area contributed by atoms with E-state index in [4.69, 9.17) is 42.5 Å². The normalized spacial score (nSPS) is 14.4. The summed E-state index contributed by atoms with van der Waals surface area (Å²) in [4.78, 5) is 32.3. The van der Waals surface area contributed by atoms with Gasteiger partial charge >= 0.3 is 6.16 Å². The summed E-state index contributed by atoms with van der Waals surface area (Å²) in [5.41, 5.74) is 2.15. The molecule has 1 aromatic heterocycles. The molecular formula is C25H17Cl2N3O6. The highest BCUT2D eigenvalue weighted by Crippen LogP contribution is 2.42. The van der Waals surface area contributed by atoms with E-state index in [1.165, 1.54) is 6.20 Å². The van der Waals surface area contributed by atoms with Gasteiger partial charge in [0.1, 0.15) is 23.4 Å². The summed E-state index contributed by atoms with van der Waals surface area (Å²) < 4.78 is 16.4. The fourth-order valence-corrected chi connectivity index (χ4v) is 4.09. The zero-order valence-corrected chi connectivity index (χ0v) is 19.9. The van der Waals surface area contributed by atoms with E-state index < -0.39 is 12.3 Å². The Labute approximate surface area is 214 Å². The molecular weight excluding hydrogens is 509 g/mol. The van der Waals surface area contributed by atoms with E-state index in [1.54, 1.807) is 54.6 Å². The van der Waals surface area contributed by atoms with Crippen LogP contribution in [-0.2, 0) is 4.74 Å². The van der Waals surface area contributed by atoms with Crippen molar-refractivity contribution in [2.45, 2.75) is 12.5 Å². The minimum atomic E-state index is -1.37. The van der Waals surface area contributed by atoms with Gasteiger partial charge in [0.25, 0.3) is 5.91 Å². The van der Waals surface area contributed by atoms with Crippen LogP contribution >= 0.6 is 23.2 Å². The molecule has 0 saturated carbocycles. The number of ether oxygens (including phenoxy) is 3. The Morgan fingerprint density at radius 1 is 1.06 bits per heavy atom. The SMILES string of the molecule is O=C(O)OC1CCOc2cc(Oc3ccc(C(=O)Nc4cnc5cc(Cl)ccc5n4)cc3)c(Cl)cc21. The maximum absolute atomic E-state index is 12.7. The van der Waals surface area contributed by atoms with Crippen molar-refractivity contribution in [3.8, 4) is 17.2 Å². The second kappa shape index (κ2) is 9.88. The van der Waals surface area contributed by atoms with Crippen LogP contribution in [0.5, 0.6) is 17.2 Å². The quantitative estimate of drug-likeness (QED) is 0.283. The summed E-state index contributed by atoms with van der Waals surface area (Å²) in [6.07, 6.45) is -0.189. The number of benzene rings is 3. The molecule has 0 aliphatic carbocycles. The summed E-state index contributed by atoms with van der Waals surface area (Å²) in [5.74, 6) is 1.12. The lowest BCUT2D eigenvalue weighted by molar-refractivity contribution is 0.0326. The Morgan fingerprint density at radius 3 is 2.64 bits per heavy atom. The third-order valence-corrected chi connectivity index (χ3v) is 5.91. The third-order valence-electron chi connectivity index (χ3n) is 5.38. The van der Waals surface area contributed by atoms with Crippen LogP contribution in [0, 0.1) is 0 Å². The zero-order valence-electron chi connectivity index (χ0n) is 18.4. The van der Waals surface area contributed by atoms with Gasteiger partial charge in [0.2, 0.25) is 0 Å². The molecule has 0 fully saturated rings. The second-order valence-electron chi connectivity index (χ2n) is 7.80. The number of halogens is 2. The number of fused-ring (bicyclic) bond motifs is 2. The molecule has 11 heteroatoms. The molecule has 9 nitrogen and oxygen atoms in total. The van der Waals surface area contributed by atoms with Crippen molar-refractivity contribution in [3.05, 3.63) is 82.0 Å². The molecule has 36 heavy (non-hydrogen) atoms. The number of nitrogens with one attached hydrogen (secondary N) is 1. The number of amides is 1. The molecule has 0 bridgehead atoms. The van der Waals surface area contributed by atoms with Crippen molar-refractivity contribution in [2.75, 3.05) is 11.9 Å². The lowest BCUT2D eigenvalue weighted by Gasteiger charge is -2.25. The predicted octanol–water partition coefficient (Wildman–Crippen LogP) is 6.50. The average molecular weight is 526 g/mol. The van der Waals surface area contributed by atoms with Gasteiger partial charge in [-0.15, -0.1) is 0 Å². The Kier molecular flexibility index (Phi) is 6.49. The molecule has 0 radical (unpaired) electrons. The first kappa shape index (κ1) is 23.7. The molecule has 182 valence electrons. The van der Waals surface area contributed by atoms with Crippen molar-refractivity contribution in [3.63, 3.8) is 0 Å². The predicted molar refractivity (Wildman–Crippen MR) is 132 cm³/mol. The van der Waals surface area contributed by atoms with E-state index in [0.29, 0.717) is 63.3 Å². The Hall–Kier alpha value is -4.08. The standard InChI is InChI=1S/C25H17Cl2N3O6/c26-14-3-6-18-19(9-14)28-12-23(29-18)30-24(31)13-1-4-15(5-2-13)35-22-11-21-16(10-17(22)27)20(7-8-34-21)36-25(32)33/h1-6,9-12,20H,7-8H2,(H,32,33)(H,29,30,31). The fraction of sp³-hybridized carbons (Fsp3) is 0.120. The number of nitrogens with zero attached hydrogens (tertiary/aromatic N) is 2. The Bertz CT molecular complexity index is 1480. The van der Waals surface area contributed by atoms with E-state index >= 15 is 0 Å². The minimum Gasteiger partial charge on any atom is -0.493 e. The molecule has 1 atom stereocenters. The smallest absolute Gasteiger partial charge is 0.493 e. The van der Waals surface area contributed by atoms with Gasteiger partial charge in [-0.05, 0) is 48.5 Å². The van der Waals surface area contributed by atoms with Gasteiger partial charge in [-0.1, -0.05) is 23.2 Å². The average Bonchev–Trinajstić information content (AvgIpc) is 2.85. The maximum atomic E-state index is 12.7. The molecule has 2 N–H and O–H groups in total. The molecule has 4 aromatic rings. The lowest BCUT2D eigenvalue weighted by atomic mass is 10.0. The van der Waals surface area contributed by atoms with E-state index in [9.17, 15) is 9.59 Å². The number of anilines is 1. The summed E-state index contributed by atoms with van der Waals surface area (Å²) in [6.45, 7) is 0.297. The minimum absolute atomic E-state index is 0.260. The molecule has 3 aromatic carbocycles. The van der Waals surface area contributed by atoms with Gasteiger partial charge in [-0.3, -0.25) is 9.78 Å². The zero-order chi connectivity index (χ0) is 25.2. The Balaban J connectivity index is 1.28. The van der Waals surface area contributed by atoms with Crippen LogP contribution in [0.25, 0.3) is 11.0 Å². The lowest BCUT2D eigenvalue weighted by Crippen LogP contribution is -2.18. The van der Waals surface area contributed by atoms with Crippen LogP contribution in [0.1, 0.15) is 28.4 Å². The second-order valence-corrected chi connectivity index (χ2v) is 8.64. The van der Waals surface area contributed by atoms with Gasteiger partial charge < -0.3 is 24.6 Å². The highest BCUT2D eigenvalue weighted by Gasteiger charge is 2.27. The van der Waals surface area contributed by atoms with Crippen LogP contribution in [-0.4, -0.2) is 33.7 Å². The first-order valence-electron chi connectivity index (χ1n) is 10.7. The van der Waals surface area contributed by atoms with Crippen LogP contribution in [0.15, 0.2) is 60.8 Å². The van der Waals surface area contributed by atoms with Crippen LogP contribution in [0.2, 0.25) is 10.0 Å². The Morgan fingerprint density at radius 2 is 1.86 bits per heavy atom. The van der Waals surface area contributed by atoms with Crippen molar-refractivity contribution in [1.82, 2.24) is 9.97 Å². The molecule has 0 saturated heterocycles. The molecule has 0 spiro atoms. The molecule has 2 heterocycles. The van der Waals surface area contributed by atoms with Crippen molar-refractivity contribution in [2.24, 2.45) is 0 Å². The van der Waals surface area contributed by atoms with Gasteiger partial charge in [0, 0.05) is 28.6 Å². The number of carbonyl (C=O) groups is 2. The highest BCUT2D eigenvalue weighted by molar-refractivity contribution is 6.32.